The van der Waals surface area contributed by atoms with Gasteiger partial charge in [0.05, 0.1) is 33.8 Å². The third-order valence-corrected chi connectivity index (χ3v) is 5.19. The van der Waals surface area contributed by atoms with E-state index in [9.17, 15) is 9.59 Å². The fourth-order valence-electron chi connectivity index (χ4n) is 3.49. The number of amides is 1. The lowest BCUT2D eigenvalue weighted by molar-refractivity contribution is -0.141. The van der Waals surface area contributed by atoms with Crippen LogP contribution in [0.15, 0.2) is 36.4 Å². The Balaban J connectivity index is 2.03. The highest BCUT2D eigenvalue weighted by Gasteiger charge is 2.34. The van der Waals surface area contributed by atoms with Crippen LogP contribution in [0, 0.1) is 0 Å². The van der Waals surface area contributed by atoms with E-state index < -0.39 is 6.04 Å². The molecule has 0 saturated heterocycles. The number of hydrogen-bond donors (Lipinski definition) is 0. The van der Waals surface area contributed by atoms with Gasteiger partial charge in [0.1, 0.15) is 0 Å². The normalized spacial score (nSPS) is 15.6. The zero-order chi connectivity index (χ0) is 20.3. The van der Waals surface area contributed by atoms with Crippen molar-refractivity contribution in [3.05, 3.63) is 58.1 Å². The Hall–Kier alpha value is -2.73. The van der Waals surface area contributed by atoms with E-state index in [1.54, 1.807) is 43.4 Å². The summed E-state index contributed by atoms with van der Waals surface area (Å²) in [4.78, 5) is 26.9. The minimum Gasteiger partial charge on any atom is -0.493 e. The first kappa shape index (κ1) is 20.0. The molecule has 1 heterocycles. The molecule has 0 unspecified atom stereocenters. The van der Waals surface area contributed by atoms with E-state index in [1.165, 1.54) is 7.11 Å². The number of benzene rings is 2. The molecule has 2 aromatic carbocycles. The van der Waals surface area contributed by atoms with Crippen LogP contribution in [0.25, 0.3) is 0 Å². The molecule has 0 bridgehead atoms. The number of carbonyl (C=O) groups excluding carboxylic acids is 2. The van der Waals surface area contributed by atoms with E-state index >= 15 is 0 Å². The summed E-state index contributed by atoms with van der Waals surface area (Å²) in [6, 6.07) is 10.0. The standard InChI is InChI=1S/C21H22ClNO5/c1-26-18-10-14-8-9-23(21(25)13-4-6-15(22)7-5-13)17(12-20(24)28-3)16(14)11-19(18)27-2/h4-7,10-11,17H,8-9,12H2,1-3H3/t17-/m0/s1. The largest absolute Gasteiger partial charge is 0.493 e. The molecule has 0 aliphatic carbocycles. The summed E-state index contributed by atoms with van der Waals surface area (Å²) in [5, 5.41) is 0.559. The van der Waals surface area contributed by atoms with Crippen LogP contribution in [0.3, 0.4) is 0 Å². The monoisotopic (exact) mass is 403 g/mol. The lowest BCUT2D eigenvalue weighted by atomic mass is 9.89. The predicted octanol–water partition coefficient (Wildman–Crippen LogP) is 3.66. The molecule has 0 N–H and O–H groups in total. The van der Waals surface area contributed by atoms with Crippen molar-refractivity contribution in [1.29, 1.82) is 0 Å². The number of hydrogen-bond acceptors (Lipinski definition) is 5. The van der Waals surface area contributed by atoms with Gasteiger partial charge in [0.2, 0.25) is 0 Å². The summed E-state index contributed by atoms with van der Waals surface area (Å²) in [6.07, 6.45) is 0.699. The molecule has 6 nitrogen and oxygen atoms in total. The number of fused-ring (bicyclic) bond motifs is 1. The average Bonchev–Trinajstić information content (AvgIpc) is 2.72. The number of carbonyl (C=O) groups is 2. The topological polar surface area (TPSA) is 65.1 Å². The van der Waals surface area contributed by atoms with Crippen molar-refractivity contribution in [3.8, 4) is 11.5 Å². The highest BCUT2D eigenvalue weighted by Crippen LogP contribution is 2.40. The molecule has 0 aromatic heterocycles. The van der Waals surface area contributed by atoms with Gasteiger partial charge >= 0.3 is 5.97 Å². The Morgan fingerprint density at radius 1 is 1.07 bits per heavy atom. The summed E-state index contributed by atoms with van der Waals surface area (Å²) in [5.41, 5.74) is 2.39. The van der Waals surface area contributed by atoms with Crippen molar-refractivity contribution in [2.45, 2.75) is 18.9 Å². The van der Waals surface area contributed by atoms with Crippen molar-refractivity contribution >= 4 is 23.5 Å². The van der Waals surface area contributed by atoms with Crippen LogP contribution in [0.2, 0.25) is 5.02 Å². The molecular formula is C21H22ClNO5. The first-order chi connectivity index (χ1) is 13.5. The van der Waals surface area contributed by atoms with Gasteiger partial charge in [0.15, 0.2) is 11.5 Å². The molecule has 3 rings (SSSR count). The van der Waals surface area contributed by atoms with Crippen LogP contribution in [0.4, 0.5) is 0 Å². The molecule has 1 atom stereocenters. The van der Waals surface area contributed by atoms with E-state index in [0.717, 1.165) is 11.1 Å². The maximum Gasteiger partial charge on any atom is 0.307 e. The number of rotatable bonds is 5. The second-order valence-corrected chi connectivity index (χ2v) is 6.89. The van der Waals surface area contributed by atoms with E-state index in [1.807, 2.05) is 12.1 Å². The Morgan fingerprint density at radius 2 is 1.71 bits per heavy atom. The molecule has 0 fully saturated rings. The maximum absolute atomic E-state index is 13.2. The van der Waals surface area contributed by atoms with Gasteiger partial charge in [0.25, 0.3) is 5.91 Å². The molecular weight excluding hydrogens is 382 g/mol. The van der Waals surface area contributed by atoms with Gasteiger partial charge in [-0.05, 0) is 53.9 Å². The summed E-state index contributed by atoms with van der Waals surface area (Å²) in [7, 11) is 4.47. The fraction of sp³-hybridized carbons (Fsp3) is 0.333. The van der Waals surface area contributed by atoms with Crippen molar-refractivity contribution in [2.24, 2.45) is 0 Å². The van der Waals surface area contributed by atoms with Gasteiger partial charge in [-0.2, -0.15) is 0 Å². The van der Waals surface area contributed by atoms with Crippen LogP contribution in [0.1, 0.15) is 33.9 Å². The summed E-state index contributed by atoms with van der Waals surface area (Å²) < 4.78 is 15.7. The molecule has 1 aliphatic heterocycles. The Bertz CT molecular complexity index is 881. The van der Waals surface area contributed by atoms with Crippen molar-refractivity contribution in [1.82, 2.24) is 4.90 Å². The van der Waals surface area contributed by atoms with Gasteiger partial charge < -0.3 is 19.1 Å². The minimum atomic E-state index is -0.459. The zero-order valence-corrected chi connectivity index (χ0v) is 16.8. The second-order valence-electron chi connectivity index (χ2n) is 6.46. The number of esters is 1. The van der Waals surface area contributed by atoms with E-state index in [2.05, 4.69) is 0 Å². The third kappa shape index (κ3) is 3.92. The van der Waals surface area contributed by atoms with E-state index in [-0.39, 0.29) is 18.3 Å². The molecule has 2 aromatic rings. The number of halogens is 1. The Kier molecular flexibility index (Phi) is 6.09. The minimum absolute atomic E-state index is 0.0539. The van der Waals surface area contributed by atoms with Crippen molar-refractivity contribution in [2.75, 3.05) is 27.9 Å². The number of methoxy groups -OCH3 is 3. The van der Waals surface area contributed by atoms with E-state index in [0.29, 0.717) is 35.1 Å². The Labute approximate surface area is 168 Å². The van der Waals surface area contributed by atoms with Crippen LogP contribution >= 0.6 is 11.6 Å². The summed E-state index contributed by atoms with van der Waals surface area (Å²) in [6.45, 7) is 0.478. The van der Waals surface area contributed by atoms with Crippen molar-refractivity contribution in [3.63, 3.8) is 0 Å². The van der Waals surface area contributed by atoms with Crippen LogP contribution in [-0.4, -0.2) is 44.7 Å². The van der Waals surface area contributed by atoms with Crippen LogP contribution in [0.5, 0.6) is 11.5 Å². The lowest BCUT2D eigenvalue weighted by Gasteiger charge is -2.37. The number of ether oxygens (including phenoxy) is 3. The molecule has 148 valence electrons. The van der Waals surface area contributed by atoms with Crippen LogP contribution < -0.4 is 9.47 Å². The molecule has 7 heteroatoms. The van der Waals surface area contributed by atoms with Gasteiger partial charge in [-0.3, -0.25) is 9.59 Å². The first-order valence-electron chi connectivity index (χ1n) is 8.86. The fourth-order valence-corrected chi connectivity index (χ4v) is 3.62. The predicted molar refractivity (Wildman–Crippen MR) is 105 cm³/mol. The SMILES string of the molecule is COC(=O)C[C@H]1c2cc(OC)c(OC)cc2CCN1C(=O)c1ccc(Cl)cc1. The van der Waals surface area contributed by atoms with Crippen molar-refractivity contribution < 1.29 is 23.8 Å². The number of nitrogens with zero attached hydrogens (tertiary/aromatic N) is 1. The van der Waals surface area contributed by atoms with Gasteiger partial charge in [-0.1, -0.05) is 11.6 Å². The quantitative estimate of drug-likeness (QED) is 0.713. The zero-order valence-electron chi connectivity index (χ0n) is 16.0. The smallest absolute Gasteiger partial charge is 0.307 e. The Morgan fingerprint density at radius 3 is 2.32 bits per heavy atom. The summed E-state index contributed by atoms with van der Waals surface area (Å²) >= 11 is 5.94. The first-order valence-corrected chi connectivity index (χ1v) is 9.24. The lowest BCUT2D eigenvalue weighted by Crippen LogP contribution is -2.41. The van der Waals surface area contributed by atoms with Gasteiger partial charge in [-0.15, -0.1) is 0 Å². The molecule has 0 saturated carbocycles. The van der Waals surface area contributed by atoms with Crippen LogP contribution in [-0.2, 0) is 16.0 Å². The molecule has 1 aliphatic rings. The highest BCUT2D eigenvalue weighted by atomic mass is 35.5. The van der Waals surface area contributed by atoms with Gasteiger partial charge in [-0.25, -0.2) is 0 Å². The summed E-state index contributed by atoms with van der Waals surface area (Å²) in [5.74, 6) is 0.625. The molecule has 0 radical (unpaired) electrons. The maximum atomic E-state index is 13.2. The average molecular weight is 404 g/mol. The molecule has 1 amide bonds. The molecule has 0 spiro atoms. The van der Waals surface area contributed by atoms with E-state index in [4.69, 9.17) is 25.8 Å². The second kappa shape index (κ2) is 8.52. The highest BCUT2D eigenvalue weighted by molar-refractivity contribution is 6.30. The van der Waals surface area contributed by atoms with Gasteiger partial charge in [0, 0.05) is 17.1 Å². The molecule has 28 heavy (non-hydrogen) atoms. The third-order valence-electron chi connectivity index (χ3n) is 4.94.